The molecule has 3 N–H and O–H groups in total. The Kier molecular flexibility index (Phi) is 6.65. The number of para-hydroxylation sites is 1. The summed E-state index contributed by atoms with van der Waals surface area (Å²) in [7, 11) is -4.04. The maximum Gasteiger partial charge on any atom is 0.416 e. The standard InChI is InChI=1S/C21H17ClF3N3O3S/c1-13-9-10-16(12-19(13)32(30,31)28-18-8-3-2-7-17(18)22)27-20(29)26-15-6-4-5-14(11-15)21(23,24)25/h2-12,28H,1H3,(H2,26,27,29). The van der Waals surface area contributed by atoms with Crippen LogP contribution < -0.4 is 15.4 Å². The van der Waals surface area contributed by atoms with Crippen molar-refractivity contribution < 1.29 is 26.4 Å². The molecule has 0 spiro atoms. The van der Waals surface area contributed by atoms with Crippen LogP contribution in [0.5, 0.6) is 0 Å². The summed E-state index contributed by atoms with van der Waals surface area (Å²) in [6, 6.07) is 13.8. The van der Waals surface area contributed by atoms with Crippen molar-refractivity contribution in [3.05, 3.63) is 82.9 Å². The van der Waals surface area contributed by atoms with Crippen LogP contribution in [-0.4, -0.2) is 14.4 Å². The summed E-state index contributed by atoms with van der Waals surface area (Å²) in [4.78, 5) is 12.1. The second-order valence-electron chi connectivity index (χ2n) is 6.72. The molecule has 0 bridgehead atoms. The number of carbonyl (C=O) groups is 1. The molecular formula is C21H17ClF3N3O3S. The van der Waals surface area contributed by atoms with Gasteiger partial charge in [0.1, 0.15) is 0 Å². The van der Waals surface area contributed by atoms with E-state index >= 15 is 0 Å². The first-order chi connectivity index (χ1) is 15.0. The van der Waals surface area contributed by atoms with Gasteiger partial charge in [0.25, 0.3) is 10.0 Å². The fourth-order valence-corrected chi connectivity index (χ4v) is 4.37. The van der Waals surface area contributed by atoms with E-state index in [2.05, 4.69) is 15.4 Å². The predicted octanol–water partition coefficient (Wildman–Crippen LogP) is 6.11. The number of alkyl halides is 3. The van der Waals surface area contributed by atoms with Crippen molar-refractivity contribution in [1.29, 1.82) is 0 Å². The number of nitrogens with one attached hydrogen (secondary N) is 3. The number of anilines is 3. The zero-order chi connectivity index (χ0) is 23.5. The van der Waals surface area contributed by atoms with Crippen LogP contribution in [0.3, 0.4) is 0 Å². The number of carbonyl (C=O) groups excluding carboxylic acids is 1. The van der Waals surface area contributed by atoms with Gasteiger partial charge in [-0.1, -0.05) is 35.9 Å². The molecule has 0 fully saturated rings. The van der Waals surface area contributed by atoms with Gasteiger partial charge in [0.15, 0.2) is 0 Å². The van der Waals surface area contributed by atoms with Crippen molar-refractivity contribution in [3.63, 3.8) is 0 Å². The third kappa shape index (κ3) is 5.71. The molecular weight excluding hydrogens is 467 g/mol. The van der Waals surface area contributed by atoms with Crippen LogP contribution in [-0.2, 0) is 16.2 Å². The smallest absolute Gasteiger partial charge is 0.308 e. The number of halogens is 4. The highest BCUT2D eigenvalue weighted by Crippen LogP contribution is 2.31. The molecule has 0 aliphatic heterocycles. The summed E-state index contributed by atoms with van der Waals surface area (Å²) < 4.78 is 66.5. The number of hydrogen-bond acceptors (Lipinski definition) is 3. The van der Waals surface area contributed by atoms with Crippen LogP contribution in [0.25, 0.3) is 0 Å². The summed E-state index contributed by atoms with van der Waals surface area (Å²) in [5.41, 5.74) is -0.260. The van der Waals surface area contributed by atoms with E-state index in [4.69, 9.17) is 11.6 Å². The van der Waals surface area contributed by atoms with E-state index < -0.39 is 27.8 Å². The maximum atomic E-state index is 12.8. The minimum Gasteiger partial charge on any atom is -0.308 e. The van der Waals surface area contributed by atoms with Crippen molar-refractivity contribution in [2.45, 2.75) is 18.0 Å². The van der Waals surface area contributed by atoms with Crippen molar-refractivity contribution in [1.82, 2.24) is 0 Å². The van der Waals surface area contributed by atoms with E-state index in [1.54, 1.807) is 19.1 Å². The van der Waals surface area contributed by atoms with E-state index in [-0.39, 0.29) is 27.0 Å². The Balaban J connectivity index is 1.78. The van der Waals surface area contributed by atoms with E-state index in [1.807, 2.05) is 0 Å². The quantitative estimate of drug-likeness (QED) is 0.409. The number of hydrogen-bond donors (Lipinski definition) is 3. The Morgan fingerprint density at radius 3 is 2.22 bits per heavy atom. The summed E-state index contributed by atoms with van der Waals surface area (Å²) >= 11 is 6.01. The average Bonchev–Trinajstić information content (AvgIpc) is 2.70. The molecule has 0 atom stereocenters. The highest BCUT2D eigenvalue weighted by atomic mass is 35.5. The van der Waals surface area contributed by atoms with Gasteiger partial charge in [-0.25, -0.2) is 13.2 Å². The maximum absolute atomic E-state index is 12.8. The van der Waals surface area contributed by atoms with Crippen LogP contribution in [0.15, 0.2) is 71.6 Å². The third-order valence-corrected chi connectivity index (χ3v) is 6.14. The second kappa shape index (κ2) is 9.09. The molecule has 0 saturated heterocycles. The SMILES string of the molecule is Cc1ccc(NC(=O)Nc2cccc(C(F)(F)F)c2)cc1S(=O)(=O)Nc1ccccc1Cl. The van der Waals surface area contributed by atoms with Gasteiger partial charge in [0.2, 0.25) is 0 Å². The lowest BCUT2D eigenvalue weighted by Crippen LogP contribution is -2.20. The molecule has 0 unspecified atom stereocenters. The molecule has 0 heterocycles. The highest BCUT2D eigenvalue weighted by molar-refractivity contribution is 7.92. The topological polar surface area (TPSA) is 87.3 Å². The van der Waals surface area contributed by atoms with Crippen LogP contribution >= 0.6 is 11.6 Å². The zero-order valence-electron chi connectivity index (χ0n) is 16.5. The molecule has 0 aliphatic carbocycles. The Hall–Kier alpha value is -3.24. The largest absolute Gasteiger partial charge is 0.416 e. The number of sulfonamides is 1. The lowest BCUT2D eigenvalue weighted by molar-refractivity contribution is -0.137. The van der Waals surface area contributed by atoms with Crippen molar-refractivity contribution in [2.24, 2.45) is 0 Å². The normalized spacial score (nSPS) is 11.7. The zero-order valence-corrected chi connectivity index (χ0v) is 18.1. The molecule has 2 amide bonds. The molecule has 3 aromatic carbocycles. The fourth-order valence-electron chi connectivity index (χ4n) is 2.78. The van der Waals surface area contributed by atoms with E-state index in [9.17, 15) is 26.4 Å². The summed E-state index contributed by atoms with van der Waals surface area (Å²) in [6.45, 7) is 1.58. The highest BCUT2D eigenvalue weighted by Gasteiger charge is 2.30. The summed E-state index contributed by atoms with van der Waals surface area (Å²) in [6.07, 6.45) is -4.55. The van der Waals surface area contributed by atoms with Gasteiger partial charge in [0.05, 0.1) is 21.2 Å². The van der Waals surface area contributed by atoms with Crippen LogP contribution in [0.1, 0.15) is 11.1 Å². The lowest BCUT2D eigenvalue weighted by atomic mass is 10.2. The average molecular weight is 484 g/mol. The van der Waals surface area contributed by atoms with Gasteiger partial charge in [-0.3, -0.25) is 4.72 Å². The number of rotatable bonds is 5. The van der Waals surface area contributed by atoms with Gasteiger partial charge in [-0.2, -0.15) is 13.2 Å². The van der Waals surface area contributed by atoms with Crippen molar-refractivity contribution in [3.8, 4) is 0 Å². The molecule has 0 radical (unpaired) electrons. The van der Waals surface area contributed by atoms with E-state index in [0.717, 1.165) is 18.2 Å². The number of aryl methyl sites for hydroxylation is 1. The summed E-state index contributed by atoms with van der Waals surface area (Å²) in [5, 5.41) is 4.92. The number of amides is 2. The molecule has 0 aromatic heterocycles. The first-order valence-electron chi connectivity index (χ1n) is 9.09. The van der Waals surface area contributed by atoms with Crippen LogP contribution in [0, 0.1) is 6.92 Å². The fraction of sp³-hybridized carbons (Fsp3) is 0.0952. The molecule has 0 aliphatic rings. The Bertz CT molecular complexity index is 1260. The predicted molar refractivity (Wildman–Crippen MR) is 118 cm³/mol. The van der Waals surface area contributed by atoms with E-state index in [0.29, 0.717) is 5.56 Å². The van der Waals surface area contributed by atoms with Crippen LogP contribution in [0.2, 0.25) is 5.02 Å². The van der Waals surface area contributed by atoms with Crippen LogP contribution in [0.4, 0.5) is 35.0 Å². The van der Waals surface area contributed by atoms with Crippen molar-refractivity contribution >= 4 is 44.7 Å². The summed E-state index contributed by atoms with van der Waals surface area (Å²) in [5.74, 6) is 0. The second-order valence-corrected chi connectivity index (χ2v) is 8.78. The molecule has 32 heavy (non-hydrogen) atoms. The molecule has 0 saturated carbocycles. The van der Waals surface area contributed by atoms with Gasteiger partial charge >= 0.3 is 12.2 Å². The minimum atomic E-state index is -4.55. The van der Waals surface area contributed by atoms with Gasteiger partial charge < -0.3 is 10.6 Å². The third-order valence-electron chi connectivity index (χ3n) is 4.30. The van der Waals surface area contributed by atoms with Gasteiger partial charge in [0, 0.05) is 11.4 Å². The first-order valence-corrected chi connectivity index (χ1v) is 10.9. The molecule has 6 nitrogen and oxygen atoms in total. The number of benzene rings is 3. The first kappa shape index (κ1) is 23.4. The van der Waals surface area contributed by atoms with Crippen molar-refractivity contribution in [2.75, 3.05) is 15.4 Å². The molecule has 11 heteroatoms. The molecule has 3 aromatic rings. The van der Waals surface area contributed by atoms with Gasteiger partial charge in [-0.15, -0.1) is 0 Å². The van der Waals surface area contributed by atoms with E-state index in [1.165, 1.54) is 36.4 Å². The Labute approximate surface area is 187 Å². The molecule has 168 valence electrons. The Morgan fingerprint density at radius 1 is 0.906 bits per heavy atom. The molecule has 3 rings (SSSR count). The number of urea groups is 1. The van der Waals surface area contributed by atoms with Gasteiger partial charge in [-0.05, 0) is 55.0 Å². The lowest BCUT2D eigenvalue weighted by Gasteiger charge is -2.14. The Morgan fingerprint density at radius 2 is 1.56 bits per heavy atom. The minimum absolute atomic E-state index is 0.0716. The monoisotopic (exact) mass is 483 g/mol.